The van der Waals surface area contributed by atoms with Crippen molar-refractivity contribution in [3.05, 3.63) is 57.3 Å². The molecule has 4 heteroatoms. The van der Waals surface area contributed by atoms with Crippen LogP contribution in [-0.2, 0) is 13.0 Å². The number of benzene rings is 1. The van der Waals surface area contributed by atoms with Crippen molar-refractivity contribution in [2.24, 2.45) is 0 Å². The zero-order chi connectivity index (χ0) is 13.2. The third kappa shape index (κ3) is 2.41. The first-order valence-corrected chi connectivity index (χ1v) is 7.12. The summed E-state index contributed by atoms with van der Waals surface area (Å²) in [6, 6.07) is 12.2. The minimum absolute atomic E-state index is 0.0103. The van der Waals surface area contributed by atoms with Gasteiger partial charge >= 0.3 is 0 Å². The molecule has 1 heterocycles. The second-order valence-electron chi connectivity index (χ2n) is 4.74. The second kappa shape index (κ2) is 5.14. The van der Waals surface area contributed by atoms with Crippen LogP contribution in [0.25, 0.3) is 0 Å². The summed E-state index contributed by atoms with van der Waals surface area (Å²) in [5, 5.41) is 24.2. The number of nitrogens with one attached hydrogen (secondary N) is 1. The lowest BCUT2D eigenvalue weighted by Gasteiger charge is -2.17. The van der Waals surface area contributed by atoms with Crippen LogP contribution in [0.15, 0.2) is 35.7 Å². The standard InChI is InChI=1S/C15H14N2OS/c16-7-10-5-12(19-9-10)8-17-15-13-4-2-1-3-11(13)6-14(15)18/h1-5,9,14-15,17-18H,6,8H2/t14-,15+/m1/s1. The average Bonchev–Trinajstić information content (AvgIpc) is 3.00. The summed E-state index contributed by atoms with van der Waals surface area (Å²) >= 11 is 1.57. The smallest absolute Gasteiger partial charge is 0.100 e. The lowest BCUT2D eigenvalue weighted by Crippen LogP contribution is -2.28. The molecule has 3 rings (SSSR count). The van der Waals surface area contributed by atoms with Gasteiger partial charge in [-0.05, 0) is 17.2 Å². The number of nitrogens with zero attached hydrogens (tertiary/aromatic N) is 1. The number of nitriles is 1. The van der Waals surface area contributed by atoms with Crippen molar-refractivity contribution in [3.63, 3.8) is 0 Å². The summed E-state index contributed by atoms with van der Waals surface area (Å²) in [7, 11) is 0. The van der Waals surface area contributed by atoms with Crippen LogP contribution in [0.3, 0.4) is 0 Å². The Hall–Kier alpha value is -1.67. The fourth-order valence-corrected chi connectivity index (χ4v) is 3.32. The van der Waals surface area contributed by atoms with Crippen LogP contribution in [0, 0.1) is 11.3 Å². The van der Waals surface area contributed by atoms with E-state index in [1.807, 2.05) is 23.6 Å². The Kier molecular flexibility index (Phi) is 3.34. The molecule has 1 aliphatic rings. The van der Waals surface area contributed by atoms with E-state index in [0.29, 0.717) is 18.5 Å². The molecular formula is C15H14N2OS. The van der Waals surface area contributed by atoms with E-state index in [1.54, 1.807) is 11.3 Å². The van der Waals surface area contributed by atoms with Crippen LogP contribution in [0.2, 0.25) is 0 Å². The number of hydrogen-bond acceptors (Lipinski definition) is 4. The van der Waals surface area contributed by atoms with Crippen molar-refractivity contribution in [1.82, 2.24) is 5.32 Å². The summed E-state index contributed by atoms with van der Waals surface area (Å²) in [6.45, 7) is 0.683. The third-order valence-electron chi connectivity index (χ3n) is 3.48. The molecule has 19 heavy (non-hydrogen) atoms. The molecule has 1 aliphatic carbocycles. The highest BCUT2D eigenvalue weighted by molar-refractivity contribution is 7.10. The lowest BCUT2D eigenvalue weighted by molar-refractivity contribution is 0.141. The van der Waals surface area contributed by atoms with Crippen LogP contribution in [0.4, 0.5) is 0 Å². The van der Waals surface area contributed by atoms with E-state index in [0.717, 1.165) is 4.88 Å². The van der Waals surface area contributed by atoms with Gasteiger partial charge in [-0.15, -0.1) is 11.3 Å². The fourth-order valence-electron chi connectivity index (χ4n) is 2.56. The number of aliphatic hydroxyl groups excluding tert-OH is 1. The van der Waals surface area contributed by atoms with Crippen LogP contribution < -0.4 is 5.32 Å². The molecule has 0 amide bonds. The minimum Gasteiger partial charge on any atom is -0.391 e. The summed E-state index contributed by atoms with van der Waals surface area (Å²) < 4.78 is 0. The van der Waals surface area contributed by atoms with Gasteiger partial charge in [0, 0.05) is 23.2 Å². The number of fused-ring (bicyclic) bond motifs is 1. The first-order chi connectivity index (χ1) is 9.28. The van der Waals surface area contributed by atoms with Gasteiger partial charge in [0.1, 0.15) is 6.07 Å². The topological polar surface area (TPSA) is 56.0 Å². The van der Waals surface area contributed by atoms with Crippen LogP contribution >= 0.6 is 11.3 Å². The molecule has 0 aliphatic heterocycles. The van der Waals surface area contributed by atoms with E-state index in [9.17, 15) is 5.11 Å². The van der Waals surface area contributed by atoms with Gasteiger partial charge in [0.15, 0.2) is 0 Å². The molecule has 0 spiro atoms. The van der Waals surface area contributed by atoms with Crippen molar-refractivity contribution >= 4 is 11.3 Å². The molecule has 2 atom stereocenters. The van der Waals surface area contributed by atoms with Crippen LogP contribution in [0.1, 0.15) is 27.6 Å². The van der Waals surface area contributed by atoms with E-state index in [-0.39, 0.29) is 12.1 Å². The summed E-state index contributed by atoms with van der Waals surface area (Å²) in [5.74, 6) is 0. The molecule has 0 saturated heterocycles. The van der Waals surface area contributed by atoms with Crippen molar-refractivity contribution in [2.75, 3.05) is 0 Å². The Labute approximate surface area is 116 Å². The van der Waals surface area contributed by atoms with E-state index < -0.39 is 0 Å². The summed E-state index contributed by atoms with van der Waals surface area (Å²) in [6.07, 6.45) is 0.342. The van der Waals surface area contributed by atoms with Crippen molar-refractivity contribution in [2.45, 2.75) is 25.1 Å². The summed E-state index contributed by atoms with van der Waals surface area (Å²) in [5.41, 5.74) is 3.11. The first kappa shape index (κ1) is 12.4. The zero-order valence-corrected chi connectivity index (χ0v) is 11.2. The molecule has 0 saturated carbocycles. The van der Waals surface area contributed by atoms with Gasteiger partial charge in [0.25, 0.3) is 0 Å². The third-order valence-corrected chi connectivity index (χ3v) is 4.42. The molecule has 0 bridgehead atoms. The normalized spacial score (nSPS) is 21.1. The Morgan fingerprint density at radius 2 is 2.26 bits per heavy atom. The Balaban J connectivity index is 1.72. The lowest BCUT2D eigenvalue weighted by atomic mass is 10.1. The predicted molar refractivity (Wildman–Crippen MR) is 74.8 cm³/mol. The molecule has 1 aromatic heterocycles. The van der Waals surface area contributed by atoms with Gasteiger partial charge < -0.3 is 10.4 Å². The first-order valence-electron chi connectivity index (χ1n) is 6.24. The van der Waals surface area contributed by atoms with Crippen molar-refractivity contribution in [1.29, 1.82) is 5.26 Å². The quantitative estimate of drug-likeness (QED) is 0.900. The number of aliphatic hydroxyl groups is 1. The Morgan fingerprint density at radius 3 is 3.05 bits per heavy atom. The predicted octanol–water partition coefficient (Wildman–Crippen LogP) is 2.37. The average molecular weight is 270 g/mol. The highest BCUT2D eigenvalue weighted by atomic mass is 32.1. The van der Waals surface area contributed by atoms with Crippen LogP contribution in [-0.4, -0.2) is 11.2 Å². The SMILES string of the molecule is N#Cc1csc(CN[C@H]2c3ccccc3C[C@H]2O)c1. The molecule has 1 aromatic carbocycles. The largest absolute Gasteiger partial charge is 0.391 e. The van der Waals surface area contributed by atoms with Gasteiger partial charge in [0.05, 0.1) is 17.7 Å². The zero-order valence-electron chi connectivity index (χ0n) is 10.3. The second-order valence-corrected chi connectivity index (χ2v) is 5.74. The maximum atomic E-state index is 10.1. The van der Waals surface area contributed by atoms with Gasteiger partial charge in [0.2, 0.25) is 0 Å². The molecular weight excluding hydrogens is 256 g/mol. The molecule has 3 nitrogen and oxygen atoms in total. The van der Waals surface area contributed by atoms with Gasteiger partial charge in [-0.3, -0.25) is 0 Å². The van der Waals surface area contributed by atoms with Crippen molar-refractivity contribution < 1.29 is 5.11 Å². The number of rotatable bonds is 3. The van der Waals surface area contributed by atoms with Crippen molar-refractivity contribution in [3.8, 4) is 6.07 Å². The Bertz CT molecular complexity index is 629. The maximum absolute atomic E-state index is 10.1. The van der Waals surface area contributed by atoms with E-state index in [1.165, 1.54) is 11.1 Å². The van der Waals surface area contributed by atoms with E-state index in [2.05, 4.69) is 23.5 Å². The van der Waals surface area contributed by atoms with E-state index in [4.69, 9.17) is 5.26 Å². The monoisotopic (exact) mass is 270 g/mol. The molecule has 96 valence electrons. The molecule has 2 aromatic rings. The highest BCUT2D eigenvalue weighted by Gasteiger charge is 2.30. The molecule has 0 fully saturated rings. The van der Waals surface area contributed by atoms with E-state index >= 15 is 0 Å². The van der Waals surface area contributed by atoms with Crippen LogP contribution in [0.5, 0.6) is 0 Å². The number of thiophene rings is 1. The van der Waals surface area contributed by atoms with Gasteiger partial charge in [-0.25, -0.2) is 0 Å². The maximum Gasteiger partial charge on any atom is 0.100 e. The van der Waals surface area contributed by atoms with Gasteiger partial charge in [-0.1, -0.05) is 24.3 Å². The fraction of sp³-hybridized carbons (Fsp3) is 0.267. The molecule has 2 N–H and O–H groups in total. The molecule has 0 radical (unpaired) electrons. The minimum atomic E-state index is -0.368. The summed E-state index contributed by atoms with van der Waals surface area (Å²) in [4.78, 5) is 1.12. The van der Waals surface area contributed by atoms with Gasteiger partial charge in [-0.2, -0.15) is 5.26 Å². The highest BCUT2D eigenvalue weighted by Crippen LogP contribution is 2.31. The Morgan fingerprint density at radius 1 is 1.42 bits per heavy atom. The number of hydrogen-bond donors (Lipinski definition) is 2. The molecule has 0 unspecified atom stereocenters.